The van der Waals surface area contributed by atoms with Crippen LogP contribution < -0.4 is 15.2 Å². The first kappa shape index (κ1) is 29.5. The second kappa shape index (κ2) is 12.1. The number of non-ortho nitro benzene ring substituents is 1. The van der Waals surface area contributed by atoms with E-state index >= 15 is 0 Å². The molecule has 1 aliphatic heterocycles. The zero-order chi connectivity index (χ0) is 30.0. The van der Waals surface area contributed by atoms with Crippen molar-refractivity contribution in [2.24, 2.45) is 5.92 Å². The molecular weight excluding hydrogens is 576 g/mol. The Hall–Kier alpha value is -3.95. The molecule has 1 saturated carbocycles. The summed E-state index contributed by atoms with van der Waals surface area (Å²) < 4.78 is 67.5. The van der Waals surface area contributed by atoms with Crippen LogP contribution in [0.1, 0.15) is 18.4 Å². The second-order valence-corrected chi connectivity index (χ2v) is 12.3. The molecule has 12 nitrogen and oxygen atoms in total. The van der Waals surface area contributed by atoms with E-state index in [-0.39, 0.29) is 61.1 Å². The van der Waals surface area contributed by atoms with Crippen molar-refractivity contribution in [1.82, 2.24) is 14.1 Å². The molecule has 1 saturated heterocycles. The Morgan fingerprint density at radius 3 is 2.29 bits per heavy atom. The lowest BCUT2D eigenvalue weighted by atomic mass is 9.83. The van der Waals surface area contributed by atoms with Crippen LogP contribution in [0.4, 0.5) is 20.2 Å². The van der Waals surface area contributed by atoms with Gasteiger partial charge >= 0.3 is 5.56 Å². The SMILES string of the molecule is COCC1CC(Oc2c(N3CCN(S(=O)(=O)Cc4ccc([N+](=O)[O-])cc4)CC3)cnn(-c3cc(F)cc(F)c3)c2=O)C1. The van der Waals surface area contributed by atoms with Gasteiger partial charge in [-0.3, -0.25) is 14.9 Å². The number of nitro benzene ring substituents is 1. The average molecular weight is 606 g/mol. The molecule has 3 aromatic rings. The van der Waals surface area contributed by atoms with E-state index in [0.29, 0.717) is 36.8 Å². The van der Waals surface area contributed by atoms with Gasteiger partial charge in [0.25, 0.3) is 5.69 Å². The maximum atomic E-state index is 13.9. The van der Waals surface area contributed by atoms with Crippen molar-refractivity contribution >= 4 is 21.4 Å². The molecule has 1 aliphatic carbocycles. The van der Waals surface area contributed by atoms with Gasteiger partial charge in [-0.1, -0.05) is 12.1 Å². The van der Waals surface area contributed by atoms with Crippen LogP contribution in [0.3, 0.4) is 0 Å². The number of anilines is 1. The average Bonchev–Trinajstić information content (AvgIpc) is 2.92. The van der Waals surface area contributed by atoms with Gasteiger partial charge in [-0.2, -0.15) is 14.1 Å². The zero-order valence-corrected chi connectivity index (χ0v) is 23.5. The van der Waals surface area contributed by atoms with Crippen LogP contribution in [-0.4, -0.2) is 73.4 Å². The molecule has 0 spiro atoms. The molecule has 0 N–H and O–H groups in total. The van der Waals surface area contributed by atoms with Crippen LogP contribution in [0.25, 0.3) is 5.69 Å². The third-order valence-electron chi connectivity index (χ3n) is 7.35. The van der Waals surface area contributed by atoms with Gasteiger partial charge in [0.2, 0.25) is 15.8 Å². The van der Waals surface area contributed by atoms with Crippen molar-refractivity contribution in [3.05, 3.63) is 86.3 Å². The summed E-state index contributed by atoms with van der Waals surface area (Å²) in [6.45, 7) is 1.25. The monoisotopic (exact) mass is 605 g/mol. The van der Waals surface area contributed by atoms with Gasteiger partial charge in [-0.15, -0.1) is 0 Å². The lowest BCUT2D eigenvalue weighted by molar-refractivity contribution is -0.384. The minimum atomic E-state index is -3.73. The Bertz CT molecular complexity index is 1600. The molecule has 42 heavy (non-hydrogen) atoms. The van der Waals surface area contributed by atoms with Crippen LogP contribution in [-0.2, 0) is 20.5 Å². The van der Waals surface area contributed by atoms with E-state index in [9.17, 15) is 32.1 Å². The van der Waals surface area contributed by atoms with E-state index in [1.54, 1.807) is 12.0 Å². The van der Waals surface area contributed by atoms with E-state index in [4.69, 9.17) is 9.47 Å². The van der Waals surface area contributed by atoms with Crippen LogP contribution >= 0.6 is 0 Å². The topological polar surface area (TPSA) is 137 Å². The summed E-state index contributed by atoms with van der Waals surface area (Å²) in [5, 5.41) is 15.0. The Balaban J connectivity index is 1.35. The van der Waals surface area contributed by atoms with Crippen molar-refractivity contribution in [1.29, 1.82) is 0 Å². The molecule has 224 valence electrons. The fourth-order valence-corrected chi connectivity index (χ4v) is 6.66. The number of rotatable bonds is 10. The van der Waals surface area contributed by atoms with Crippen LogP contribution in [0.15, 0.2) is 53.5 Å². The summed E-state index contributed by atoms with van der Waals surface area (Å²) in [6.07, 6.45) is 2.45. The molecular formula is C27H29F2N5O7S. The van der Waals surface area contributed by atoms with Gasteiger partial charge in [-0.25, -0.2) is 17.2 Å². The molecule has 0 atom stereocenters. The van der Waals surface area contributed by atoms with Gasteiger partial charge in [-0.05, 0) is 36.5 Å². The molecule has 0 unspecified atom stereocenters. The van der Waals surface area contributed by atoms with Crippen LogP contribution in [0.2, 0.25) is 0 Å². The van der Waals surface area contributed by atoms with Crippen molar-refractivity contribution < 1.29 is 31.6 Å². The minimum Gasteiger partial charge on any atom is -0.483 e. The van der Waals surface area contributed by atoms with Gasteiger partial charge < -0.3 is 14.4 Å². The summed E-state index contributed by atoms with van der Waals surface area (Å²) in [5.41, 5.74) is -0.136. The third kappa shape index (κ3) is 6.42. The lowest BCUT2D eigenvalue weighted by Crippen LogP contribution is -2.49. The summed E-state index contributed by atoms with van der Waals surface area (Å²) >= 11 is 0. The van der Waals surface area contributed by atoms with Crippen LogP contribution in [0.5, 0.6) is 5.75 Å². The Labute approximate surface area is 240 Å². The molecule has 5 rings (SSSR count). The molecule has 2 aliphatic rings. The molecule has 0 amide bonds. The number of hydrogen-bond acceptors (Lipinski definition) is 9. The number of nitrogens with zero attached hydrogens (tertiary/aromatic N) is 5. The highest BCUT2D eigenvalue weighted by Crippen LogP contribution is 2.34. The summed E-state index contributed by atoms with van der Waals surface area (Å²) in [4.78, 5) is 25.7. The van der Waals surface area contributed by atoms with E-state index in [0.717, 1.165) is 16.8 Å². The lowest BCUT2D eigenvalue weighted by Gasteiger charge is -2.38. The number of benzene rings is 2. The van der Waals surface area contributed by atoms with Crippen molar-refractivity contribution in [2.75, 3.05) is 44.8 Å². The smallest absolute Gasteiger partial charge is 0.316 e. The van der Waals surface area contributed by atoms with E-state index in [1.807, 2.05) is 0 Å². The molecule has 0 bridgehead atoms. The largest absolute Gasteiger partial charge is 0.483 e. The summed E-state index contributed by atoms with van der Waals surface area (Å²) in [7, 11) is -2.12. The number of methoxy groups -OCH3 is 1. The third-order valence-corrected chi connectivity index (χ3v) is 9.20. The number of nitro groups is 1. The fraction of sp³-hybridized carbons (Fsp3) is 0.407. The molecule has 2 aromatic carbocycles. The highest BCUT2D eigenvalue weighted by molar-refractivity contribution is 7.88. The van der Waals surface area contributed by atoms with Crippen molar-refractivity contribution in [3.8, 4) is 11.4 Å². The van der Waals surface area contributed by atoms with E-state index in [2.05, 4.69) is 5.10 Å². The number of halogens is 2. The van der Waals surface area contributed by atoms with E-state index < -0.39 is 32.1 Å². The Morgan fingerprint density at radius 1 is 1.05 bits per heavy atom. The van der Waals surface area contributed by atoms with Gasteiger partial charge in [0, 0.05) is 58.1 Å². The van der Waals surface area contributed by atoms with Crippen molar-refractivity contribution in [3.63, 3.8) is 0 Å². The maximum absolute atomic E-state index is 13.9. The second-order valence-electron chi connectivity index (χ2n) is 10.3. The predicted molar refractivity (Wildman–Crippen MR) is 148 cm³/mol. The normalized spacial score (nSPS) is 19.4. The van der Waals surface area contributed by atoms with Gasteiger partial charge in [0.1, 0.15) is 17.3 Å². The quantitative estimate of drug-likeness (QED) is 0.252. The van der Waals surface area contributed by atoms with Crippen molar-refractivity contribution in [2.45, 2.75) is 24.7 Å². The molecule has 2 fully saturated rings. The minimum absolute atomic E-state index is 0.0299. The van der Waals surface area contributed by atoms with Gasteiger partial charge in [0.15, 0.2) is 0 Å². The molecule has 15 heteroatoms. The number of ether oxygens (including phenoxy) is 2. The van der Waals surface area contributed by atoms with E-state index in [1.165, 1.54) is 34.8 Å². The standard InChI is InChI=1S/C27H29F2N5O7S/c1-40-16-19-10-24(11-19)41-26-25(15-30-33(27(26)35)23-13-20(28)12-21(29)14-23)31-6-8-32(9-7-31)42(38,39)17-18-2-4-22(5-3-18)34(36)37/h2-5,12-15,19,24H,6-11,16-17H2,1H3. The molecule has 1 aromatic heterocycles. The highest BCUT2D eigenvalue weighted by Gasteiger charge is 2.34. The highest BCUT2D eigenvalue weighted by atomic mass is 32.2. The number of piperazine rings is 1. The Morgan fingerprint density at radius 2 is 1.69 bits per heavy atom. The molecule has 0 radical (unpaired) electrons. The number of sulfonamides is 1. The number of hydrogen-bond donors (Lipinski definition) is 0. The maximum Gasteiger partial charge on any atom is 0.316 e. The summed E-state index contributed by atoms with van der Waals surface area (Å²) in [5.74, 6) is -1.78. The summed E-state index contributed by atoms with van der Waals surface area (Å²) in [6, 6.07) is 8.03. The van der Waals surface area contributed by atoms with Gasteiger partial charge in [0.05, 0.1) is 28.7 Å². The predicted octanol–water partition coefficient (Wildman–Crippen LogP) is 2.87. The Kier molecular flexibility index (Phi) is 8.52. The zero-order valence-electron chi connectivity index (χ0n) is 22.7. The molecule has 2 heterocycles. The first-order chi connectivity index (χ1) is 20.0. The first-order valence-corrected chi connectivity index (χ1v) is 14.9. The fourth-order valence-electron chi connectivity index (χ4n) is 5.14. The number of aromatic nitrogens is 2. The first-order valence-electron chi connectivity index (χ1n) is 13.2. The van der Waals surface area contributed by atoms with Crippen LogP contribution in [0, 0.1) is 27.7 Å².